The topological polar surface area (TPSA) is 52.6 Å². The summed E-state index contributed by atoms with van der Waals surface area (Å²) in [4.78, 5) is 25.2. The molecule has 0 saturated carbocycles. The van der Waals surface area contributed by atoms with Gasteiger partial charge in [-0.3, -0.25) is 0 Å². The zero-order valence-electron chi connectivity index (χ0n) is 19.2. The lowest BCUT2D eigenvalue weighted by molar-refractivity contribution is -0.158. The normalized spacial score (nSPS) is 11.9. The van der Waals surface area contributed by atoms with Crippen molar-refractivity contribution in [3.05, 3.63) is 120 Å². The van der Waals surface area contributed by atoms with Crippen molar-refractivity contribution in [3.63, 3.8) is 0 Å². The number of rotatable bonds is 10. The van der Waals surface area contributed by atoms with Crippen molar-refractivity contribution < 1.29 is 18.8 Å². The van der Waals surface area contributed by atoms with Crippen LogP contribution < -0.4 is 0 Å². The Kier molecular flexibility index (Phi) is 8.38. The standard InChI is InChI=1S/C28H30O4Si/c1-22(2)27(29)31-23(3)28(30)32-33(19-24-13-7-4-8-14-24,20-25-15-9-5-10-16-25)21-26-17-11-6-12-18-26/h4-18,23H,1,19-21H2,2-3H3. The van der Waals surface area contributed by atoms with Gasteiger partial charge in [-0.15, -0.1) is 0 Å². The van der Waals surface area contributed by atoms with Crippen LogP contribution in [0.1, 0.15) is 30.5 Å². The number of carbonyl (C=O) groups excluding carboxylic acids is 2. The molecule has 0 aliphatic rings. The van der Waals surface area contributed by atoms with Gasteiger partial charge in [-0.1, -0.05) is 97.6 Å². The van der Waals surface area contributed by atoms with E-state index >= 15 is 0 Å². The molecular weight excluding hydrogens is 428 g/mol. The molecule has 0 bridgehead atoms. The lowest BCUT2D eigenvalue weighted by Gasteiger charge is -2.33. The Labute approximate surface area is 197 Å². The van der Waals surface area contributed by atoms with E-state index in [4.69, 9.17) is 9.16 Å². The van der Waals surface area contributed by atoms with Crippen molar-refractivity contribution in [2.75, 3.05) is 0 Å². The molecule has 4 nitrogen and oxygen atoms in total. The van der Waals surface area contributed by atoms with Gasteiger partial charge in [0.15, 0.2) is 6.10 Å². The highest BCUT2D eigenvalue weighted by atomic mass is 28.4. The van der Waals surface area contributed by atoms with Crippen molar-refractivity contribution in [1.82, 2.24) is 0 Å². The maximum Gasteiger partial charge on any atom is 0.333 e. The number of esters is 1. The van der Waals surface area contributed by atoms with Gasteiger partial charge in [-0.2, -0.15) is 0 Å². The van der Waals surface area contributed by atoms with E-state index in [9.17, 15) is 9.59 Å². The first-order valence-electron chi connectivity index (χ1n) is 11.1. The Morgan fingerprint density at radius 2 is 1.12 bits per heavy atom. The fourth-order valence-electron chi connectivity index (χ4n) is 3.80. The van der Waals surface area contributed by atoms with Crippen LogP contribution in [0.15, 0.2) is 103 Å². The average Bonchev–Trinajstić information content (AvgIpc) is 2.80. The molecule has 0 aliphatic carbocycles. The molecule has 3 aromatic carbocycles. The minimum Gasteiger partial charge on any atom is -0.515 e. The second kappa shape index (κ2) is 11.4. The lowest BCUT2D eigenvalue weighted by atomic mass is 10.2. The molecule has 0 spiro atoms. The summed E-state index contributed by atoms with van der Waals surface area (Å²) in [6.45, 7) is 6.70. The Bertz CT molecular complexity index is 963. The van der Waals surface area contributed by atoms with Gasteiger partial charge < -0.3 is 9.16 Å². The van der Waals surface area contributed by atoms with Crippen molar-refractivity contribution in [2.45, 2.75) is 38.1 Å². The van der Waals surface area contributed by atoms with Gasteiger partial charge in [-0.05, 0) is 30.5 Å². The average molecular weight is 459 g/mol. The summed E-state index contributed by atoms with van der Waals surface area (Å²) in [7, 11) is -2.79. The number of hydrogen-bond acceptors (Lipinski definition) is 4. The second-order valence-electron chi connectivity index (χ2n) is 8.42. The predicted molar refractivity (Wildman–Crippen MR) is 133 cm³/mol. The van der Waals surface area contributed by atoms with E-state index in [1.165, 1.54) is 0 Å². The maximum absolute atomic E-state index is 13.2. The molecule has 170 valence electrons. The van der Waals surface area contributed by atoms with Gasteiger partial charge in [0, 0.05) is 23.7 Å². The highest BCUT2D eigenvalue weighted by Gasteiger charge is 2.41. The van der Waals surface area contributed by atoms with Crippen LogP contribution in [0.3, 0.4) is 0 Å². The van der Waals surface area contributed by atoms with Gasteiger partial charge >= 0.3 is 11.9 Å². The van der Waals surface area contributed by atoms with Gasteiger partial charge in [0.1, 0.15) is 0 Å². The molecule has 33 heavy (non-hydrogen) atoms. The highest BCUT2D eigenvalue weighted by Crippen LogP contribution is 2.25. The molecule has 0 aromatic heterocycles. The summed E-state index contributed by atoms with van der Waals surface area (Å²) < 4.78 is 11.7. The first kappa shape index (κ1) is 24.2. The van der Waals surface area contributed by atoms with E-state index in [0.29, 0.717) is 18.1 Å². The Hall–Kier alpha value is -3.44. The minimum atomic E-state index is -2.79. The number of hydrogen-bond donors (Lipinski definition) is 0. The second-order valence-corrected chi connectivity index (χ2v) is 12.0. The summed E-state index contributed by atoms with van der Waals surface area (Å²) in [5.41, 5.74) is 3.61. The molecule has 5 heteroatoms. The molecule has 0 aliphatic heterocycles. The largest absolute Gasteiger partial charge is 0.515 e. The van der Waals surface area contributed by atoms with Crippen molar-refractivity contribution in [1.29, 1.82) is 0 Å². The van der Waals surface area contributed by atoms with Crippen LogP contribution in [0.25, 0.3) is 0 Å². The third-order valence-electron chi connectivity index (χ3n) is 5.39. The molecule has 3 aromatic rings. The fourth-order valence-corrected chi connectivity index (χ4v) is 7.93. The van der Waals surface area contributed by atoms with Crippen LogP contribution >= 0.6 is 0 Å². The first-order chi connectivity index (χ1) is 15.9. The van der Waals surface area contributed by atoms with E-state index in [1.807, 2.05) is 54.6 Å². The van der Waals surface area contributed by atoms with E-state index in [1.54, 1.807) is 13.8 Å². The molecule has 0 heterocycles. The van der Waals surface area contributed by atoms with Gasteiger partial charge in [0.25, 0.3) is 8.32 Å². The van der Waals surface area contributed by atoms with Crippen LogP contribution in [0.2, 0.25) is 0 Å². The smallest absolute Gasteiger partial charge is 0.333 e. The summed E-state index contributed by atoms with van der Waals surface area (Å²) in [6.07, 6.45) is -1.01. The Balaban J connectivity index is 1.97. The van der Waals surface area contributed by atoms with E-state index < -0.39 is 26.4 Å². The van der Waals surface area contributed by atoms with Crippen molar-refractivity contribution in [3.8, 4) is 0 Å². The van der Waals surface area contributed by atoms with Crippen LogP contribution in [0.5, 0.6) is 0 Å². The molecule has 0 amide bonds. The molecule has 3 rings (SSSR count). The van der Waals surface area contributed by atoms with Gasteiger partial charge in [0.2, 0.25) is 0 Å². The van der Waals surface area contributed by atoms with Crippen LogP contribution in [0.4, 0.5) is 0 Å². The molecule has 0 saturated heterocycles. The SMILES string of the molecule is C=C(C)C(=O)OC(C)C(=O)O[Si](Cc1ccccc1)(Cc1ccccc1)Cc1ccccc1. The van der Waals surface area contributed by atoms with E-state index in [-0.39, 0.29) is 5.57 Å². The molecule has 1 unspecified atom stereocenters. The van der Waals surface area contributed by atoms with Gasteiger partial charge in [0.05, 0.1) is 0 Å². The highest BCUT2D eigenvalue weighted by molar-refractivity contribution is 6.73. The van der Waals surface area contributed by atoms with Gasteiger partial charge in [-0.25, -0.2) is 9.59 Å². The van der Waals surface area contributed by atoms with Crippen LogP contribution in [-0.2, 0) is 36.9 Å². The predicted octanol–water partition coefficient (Wildman–Crippen LogP) is 5.33. The fraction of sp³-hybridized carbons (Fsp3) is 0.214. The van der Waals surface area contributed by atoms with Crippen LogP contribution in [-0.4, -0.2) is 26.4 Å². The maximum atomic E-state index is 13.2. The number of benzene rings is 3. The number of carbonyl (C=O) groups is 2. The third-order valence-corrected chi connectivity index (χ3v) is 9.18. The van der Waals surface area contributed by atoms with Crippen molar-refractivity contribution >= 4 is 20.3 Å². The Morgan fingerprint density at radius 1 is 0.758 bits per heavy atom. The van der Waals surface area contributed by atoms with E-state index in [2.05, 4.69) is 43.0 Å². The molecule has 0 fully saturated rings. The summed E-state index contributed by atoms with van der Waals surface area (Å²) in [5.74, 6) is -1.11. The third kappa shape index (κ3) is 7.29. The lowest BCUT2D eigenvalue weighted by Crippen LogP contribution is -2.50. The summed E-state index contributed by atoms with van der Waals surface area (Å²) in [5, 5.41) is 0. The molecule has 0 N–H and O–H groups in total. The van der Waals surface area contributed by atoms with Crippen molar-refractivity contribution in [2.24, 2.45) is 0 Å². The van der Waals surface area contributed by atoms with Crippen LogP contribution in [0, 0.1) is 0 Å². The quantitative estimate of drug-likeness (QED) is 0.234. The molecular formula is C28H30O4Si. The zero-order valence-corrected chi connectivity index (χ0v) is 20.2. The monoisotopic (exact) mass is 458 g/mol. The zero-order chi connectivity index (χ0) is 23.7. The summed E-state index contributed by atoms with van der Waals surface area (Å²) >= 11 is 0. The molecule has 1 atom stereocenters. The Morgan fingerprint density at radius 3 is 1.45 bits per heavy atom. The molecule has 0 radical (unpaired) electrons. The number of ether oxygens (including phenoxy) is 1. The first-order valence-corrected chi connectivity index (χ1v) is 13.6. The van der Waals surface area contributed by atoms with E-state index in [0.717, 1.165) is 16.7 Å². The minimum absolute atomic E-state index is 0.246. The summed E-state index contributed by atoms with van der Waals surface area (Å²) in [6, 6.07) is 32.3.